The Morgan fingerprint density at radius 1 is 1.53 bits per heavy atom. The first kappa shape index (κ1) is 13.7. The van der Waals surface area contributed by atoms with Crippen molar-refractivity contribution in [2.75, 3.05) is 19.3 Å². The van der Waals surface area contributed by atoms with E-state index < -0.39 is 15.8 Å². The van der Waals surface area contributed by atoms with Gasteiger partial charge in [0.1, 0.15) is 5.82 Å². The van der Waals surface area contributed by atoms with Gasteiger partial charge in [-0.25, -0.2) is 12.8 Å². The number of nitrogen functional groups attached to an aromatic ring is 1. The fourth-order valence-electron chi connectivity index (χ4n) is 1.28. The molecule has 0 radical (unpaired) electrons. The Morgan fingerprint density at radius 2 is 2.12 bits per heavy atom. The normalized spacial score (nSPS) is 11.8. The van der Waals surface area contributed by atoms with Crippen molar-refractivity contribution in [3.63, 3.8) is 0 Å². The molecule has 1 rings (SSSR count). The summed E-state index contributed by atoms with van der Waals surface area (Å²) < 4.78 is 38.5. The fraction of sp³-hybridized carbons (Fsp3) is 0.273. The molecule has 0 aromatic heterocycles. The Hall–Kier alpha value is -1.40. The lowest BCUT2D eigenvalue weighted by molar-refractivity contribution is 0.498. The van der Waals surface area contributed by atoms with E-state index in [0.29, 0.717) is 0 Å². The lowest BCUT2D eigenvalue weighted by atomic mass is 10.2. The van der Waals surface area contributed by atoms with Crippen LogP contribution in [0.25, 0.3) is 0 Å². The topological polar surface area (TPSA) is 63.4 Å². The van der Waals surface area contributed by atoms with Crippen LogP contribution in [0.15, 0.2) is 29.7 Å². The van der Waals surface area contributed by atoms with Crippen molar-refractivity contribution in [1.29, 1.82) is 0 Å². The van der Waals surface area contributed by atoms with E-state index in [1.54, 1.807) is 0 Å². The summed E-state index contributed by atoms with van der Waals surface area (Å²) in [5, 5.41) is 0. The number of nitrogens with zero attached hydrogens (tertiary/aromatic N) is 1. The first-order valence-electron chi connectivity index (χ1n) is 4.93. The van der Waals surface area contributed by atoms with E-state index >= 15 is 0 Å². The number of anilines is 1. The van der Waals surface area contributed by atoms with Crippen molar-refractivity contribution in [3.8, 4) is 0 Å². The third kappa shape index (κ3) is 2.65. The van der Waals surface area contributed by atoms with Gasteiger partial charge in [0.25, 0.3) is 0 Å². The summed E-state index contributed by atoms with van der Waals surface area (Å²) in [6, 6.07) is 2.23. The van der Waals surface area contributed by atoms with Gasteiger partial charge < -0.3 is 5.73 Å². The molecule has 1 aromatic rings. The number of hydrogen-bond donors (Lipinski definition) is 1. The molecule has 0 aliphatic rings. The van der Waals surface area contributed by atoms with Crippen LogP contribution in [0.2, 0.25) is 0 Å². The summed E-state index contributed by atoms with van der Waals surface area (Å²) in [4.78, 5) is -0.151. The van der Waals surface area contributed by atoms with Gasteiger partial charge in [-0.2, -0.15) is 4.31 Å². The summed E-state index contributed by atoms with van der Waals surface area (Å²) in [6.45, 7) is 5.10. The molecule has 0 bridgehead atoms. The molecule has 1 aromatic carbocycles. The highest BCUT2D eigenvalue weighted by molar-refractivity contribution is 7.89. The van der Waals surface area contributed by atoms with Crippen molar-refractivity contribution >= 4 is 15.7 Å². The van der Waals surface area contributed by atoms with Crippen LogP contribution in [0.1, 0.15) is 5.56 Å². The Labute approximate surface area is 101 Å². The highest BCUT2D eigenvalue weighted by atomic mass is 32.2. The molecular formula is C11H15FN2O2S. The fourth-order valence-corrected chi connectivity index (χ4v) is 2.47. The standard InChI is InChI=1S/C11H15FN2O2S/c1-4-5-14(3)17(15,16)9-6-10(12)8(2)11(13)7-9/h4,6-7H,1,5,13H2,2-3H3. The second-order valence-electron chi connectivity index (χ2n) is 3.69. The number of rotatable bonds is 4. The summed E-state index contributed by atoms with van der Waals surface area (Å²) >= 11 is 0. The average molecular weight is 258 g/mol. The third-order valence-corrected chi connectivity index (χ3v) is 4.25. The maximum absolute atomic E-state index is 13.4. The molecule has 0 saturated carbocycles. The van der Waals surface area contributed by atoms with Crippen LogP contribution >= 0.6 is 0 Å². The molecule has 6 heteroatoms. The Morgan fingerprint density at radius 3 is 2.59 bits per heavy atom. The predicted octanol–water partition coefficient (Wildman–Crippen LogP) is 1.52. The van der Waals surface area contributed by atoms with Gasteiger partial charge >= 0.3 is 0 Å². The summed E-state index contributed by atoms with van der Waals surface area (Å²) in [7, 11) is -2.33. The van der Waals surface area contributed by atoms with E-state index in [4.69, 9.17) is 5.73 Å². The van der Waals surface area contributed by atoms with E-state index in [-0.39, 0.29) is 22.7 Å². The van der Waals surface area contributed by atoms with E-state index in [2.05, 4.69) is 6.58 Å². The molecule has 2 N–H and O–H groups in total. The molecule has 0 aliphatic carbocycles. The molecule has 94 valence electrons. The minimum atomic E-state index is -3.72. The van der Waals surface area contributed by atoms with Crippen LogP contribution in [-0.2, 0) is 10.0 Å². The van der Waals surface area contributed by atoms with Gasteiger partial charge in [-0.05, 0) is 19.1 Å². The Balaban J connectivity index is 3.30. The molecule has 0 unspecified atom stereocenters. The van der Waals surface area contributed by atoms with Crippen LogP contribution in [0.5, 0.6) is 0 Å². The molecule has 4 nitrogen and oxygen atoms in total. The number of sulfonamides is 1. The zero-order valence-electron chi connectivity index (χ0n) is 9.77. The number of likely N-dealkylation sites (N-methyl/N-ethyl adjacent to an activating group) is 1. The van der Waals surface area contributed by atoms with Crippen molar-refractivity contribution < 1.29 is 12.8 Å². The smallest absolute Gasteiger partial charge is 0.243 e. The van der Waals surface area contributed by atoms with Gasteiger partial charge in [-0.15, -0.1) is 6.58 Å². The highest BCUT2D eigenvalue weighted by Gasteiger charge is 2.21. The minimum absolute atomic E-state index is 0.121. The van der Waals surface area contributed by atoms with Gasteiger partial charge in [-0.1, -0.05) is 6.08 Å². The van der Waals surface area contributed by atoms with E-state index in [0.717, 1.165) is 10.4 Å². The van der Waals surface area contributed by atoms with Crippen LogP contribution in [0.3, 0.4) is 0 Å². The lowest BCUT2D eigenvalue weighted by Gasteiger charge is -2.16. The number of halogens is 1. The van der Waals surface area contributed by atoms with Crippen molar-refractivity contribution in [3.05, 3.63) is 36.2 Å². The molecule has 0 amide bonds. The van der Waals surface area contributed by atoms with Crippen molar-refractivity contribution in [2.45, 2.75) is 11.8 Å². The molecule has 0 aliphatic heterocycles. The van der Waals surface area contributed by atoms with E-state index in [1.807, 2.05) is 0 Å². The Kier molecular flexibility index (Phi) is 3.90. The van der Waals surface area contributed by atoms with Crippen molar-refractivity contribution in [1.82, 2.24) is 4.31 Å². The molecule has 0 atom stereocenters. The quantitative estimate of drug-likeness (QED) is 0.658. The number of hydrogen-bond acceptors (Lipinski definition) is 3. The maximum Gasteiger partial charge on any atom is 0.243 e. The second kappa shape index (κ2) is 4.85. The summed E-state index contributed by atoms with van der Waals surface area (Å²) in [6.07, 6.45) is 1.45. The van der Waals surface area contributed by atoms with Gasteiger partial charge in [0, 0.05) is 24.8 Å². The highest BCUT2D eigenvalue weighted by Crippen LogP contribution is 2.22. The van der Waals surface area contributed by atoms with Crippen LogP contribution in [-0.4, -0.2) is 26.3 Å². The van der Waals surface area contributed by atoms with Crippen molar-refractivity contribution in [2.24, 2.45) is 0 Å². The molecule has 0 fully saturated rings. The monoisotopic (exact) mass is 258 g/mol. The zero-order chi connectivity index (χ0) is 13.2. The second-order valence-corrected chi connectivity index (χ2v) is 5.74. The van der Waals surface area contributed by atoms with Crippen LogP contribution in [0.4, 0.5) is 10.1 Å². The predicted molar refractivity (Wildman–Crippen MR) is 65.6 cm³/mol. The first-order valence-corrected chi connectivity index (χ1v) is 6.37. The zero-order valence-corrected chi connectivity index (χ0v) is 10.6. The number of nitrogens with two attached hydrogens (primary N) is 1. The minimum Gasteiger partial charge on any atom is -0.398 e. The van der Waals surface area contributed by atoms with Gasteiger partial charge in [0.05, 0.1) is 4.90 Å². The maximum atomic E-state index is 13.4. The first-order chi connectivity index (χ1) is 7.80. The molecular weight excluding hydrogens is 243 g/mol. The molecule has 17 heavy (non-hydrogen) atoms. The van der Waals surface area contributed by atoms with Gasteiger partial charge in [0.15, 0.2) is 0 Å². The van der Waals surface area contributed by atoms with Crippen LogP contribution in [0, 0.1) is 12.7 Å². The van der Waals surface area contributed by atoms with E-state index in [9.17, 15) is 12.8 Å². The molecule has 0 spiro atoms. The summed E-state index contributed by atoms with van der Waals surface area (Å²) in [5.41, 5.74) is 5.92. The Bertz CT molecular complexity index is 517. The third-order valence-electron chi connectivity index (χ3n) is 2.45. The summed E-state index contributed by atoms with van der Waals surface area (Å²) in [5.74, 6) is -0.629. The molecule has 0 heterocycles. The van der Waals surface area contributed by atoms with Crippen LogP contribution < -0.4 is 5.73 Å². The SMILES string of the molecule is C=CCN(C)S(=O)(=O)c1cc(N)c(C)c(F)c1. The number of benzene rings is 1. The molecule has 0 saturated heterocycles. The van der Waals surface area contributed by atoms with Gasteiger partial charge in [-0.3, -0.25) is 0 Å². The average Bonchev–Trinajstić information content (AvgIpc) is 2.25. The lowest BCUT2D eigenvalue weighted by Crippen LogP contribution is -2.27. The largest absolute Gasteiger partial charge is 0.398 e. The van der Waals surface area contributed by atoms with E-state index in [1.165, 1.54) is 26.1 Å². The van der Waals surface area contributed by atoms with Gasteiger partial charge in [0.2, 0.25) is 10.0 Å².